The van der Waals surface area contributed by atoms with Gasteiger partial charge in [0.1, 0.15) is 17.3 Å². The standard InChI is InChI=1S/C26H25FN2O3/c1-32-24-12-5-2-8-19(24)13-14-28-16-22-21-10-3-4-11-23(21)29(25(22)26(30)31)17-18-7-6-9-20(27)15-18/h2-12,15,28H,13-14,16-17H2,1H3,(H,30,31). The minimum atomic E-state index is -1.00. The Hall–Kier alpha value is -3.64. The first-order valence-corrected chi connectivity index (χ1v) is 10.5. The molecule has 32 heavy (non-hydrogen) atoms. The number of ether oxygens (including phenoxy) is 1. The van der Waals surface area contributed by atoms with Crippen molar-refractivity contribution >= 4 is 16.9 Å². The quantitative estimate of drug-likeness (QED) is 0.371. The number of carboxylic acids is 1. The summed E-state index contributed by atoms with van der Waals surface area (Å²) in [5, 5.41) is 14.3. The zero-order chi connectivity index (χ0) is 22.5. The molecule has 164 valence electrons. The van der Waals surface area contributed by atoms with Crippen molar-refractivity contribution in [3.63, 3.8) is 0 Å². The SMILES string of the molecule is COc1ccccc1CCNCc1c(C(=O)O)n(Cc2cccc(F)c2)c2ccccc12. The van der Waals surface area contributed by atoms with E-state index in [0.29, 0.717) is 18.7 Å². The van der Waals surface area contributed by atoms with E-state index in [1.165, 1.54) is 12.1 Å². The van der Waals surface area contributed by atoms with Crippen LogP contribution >= 0.6 is 0 Å². The van der Waals surface area contributed by atoms with E-state index in [4.69, 9.17) is 4.74 Å². The van der Waals surface area contributed by atoms with Gasteiger partial charge in [0.25, 0.3) is 0 Å². The van der Waals surface area contributed by atoms with Crippen LogP contribution in [0.1, 0.15) is 27.2 Å². The molecule has 0 saturated carbocycles. The third-order valence-corrected chi connectivity index (χ3v) is 5.57. The maximum atomic E-state index is 13.7. The number of aromatic nitrogens is 1. The predicted molar refractivity (Wildman–Crippen MR) is 123 cm³/mol. The summed E-state index contributed by atoms with van der Waals surface area (Å²) in [6.45, 7) is 1.36. The lowest BCUT2D eigenvalue weighted by molar-refractivity contribution is 0.0685. The van der Waals surface area contributed by atoms with Gasteiger partial charge in [-0.05, 0) is 48.4 Å². The second-order valence-electron chi connectivity index (χ2n) is 7.60. The Morgan fingerprint density at radius 1 is 1.06 bits per heavy atom. The van der Waals surface area contributed by atoms with Crippen LogP contribution in [0.25, 0.3) is 10.9 Å². The Labute approximate surface area is 186 Å². The van der Waals surface area contributed by atoms with Gasteiger partial charge in [-0.3, -0.25) is 0 Å². The van der Waals surface area contributed by atoms with Crippen molar-refractivity contribution in [3.8, 4) is 5.75 Å². The van der Waals surface area contributed by atoms with Crippen LogP contribution < -0.4 is 10.1 Å². The summed E-state index contributed by atoms with van der Waals surface area (Å²) in [6, 6.07) is 21.7. The van der Waals surface area contributed by atoms with Gasteiger partial charge in [0.05, 0.1) is 7.11 Å². The smallest absolute Gasteiger partial charge is 0.352 e. The molecule has 1 aromatic heterocycles. The number of carbonyl (C=O) groups is 1. The number of carboxylic acid groups (broad SMARTS) is 1. The van der Waals surface area contributed by atoms with Crippen LogP contribution in [-0.4, -0.2) is 29.3 Å². The molecule has 0 fully saturated rings. The average Bonchev–Trinajstić information content (AvgIpc) is 3.10. The molecule has 3 aromatic carbocycles. The van der Waals surface area contributed by atoms with Crippen LogP contribution in [0.15, 0.2) is 72.8 Å². The van der Waals surface area contributed by atoms with Crippen LogP contribution in [0.5, 0.6) is 5.75 Å². The van der Waals surface area contributed by atoms with Crippen molar-refractivity contribution in [1.29, 1.82) is 0 Å². The second-order valence-corrected chi connectivity index (χ2v) is 7.60. The molecule has 0 spiro atoms. The predicted octanol–water partition coefficient (Wildman–Crippen LogP) is 4.87. The molecule has 6 heteroatoms. The lowest BCUT2D eigenvalue weighted by Gasteiger charge is -2.11. The Morgan fingerprint density at radius 3 is 2.62 bits per heavy atom. The molecule has 4 rings (SSSR count). The van der Waals surface area contributed by atoms with E-state index in [0.717, 1.165) is 34.2 Å². The Morgan fingerprint density at radius 2 is 1.84 bits per heavy atom. The fourth-order valence-corrected chi connectivity index (χ4v) is 4.13. The summed E-state index contributed by atoms with van der Waals surface area (Å²) in [4.78, 5) is 12.3. The topological polar surface area (TPSA) is 63.5 Å². The summed E-state index contributed by atoms with van der Waals surface area (Å²) < 4.78 is 20.9. The summed E-state index contributed by atoms with van der Waals surface area (Å²) in [6.07, 6.45) is 0.758. The highest BCUT2D eigenvalue weighted by molar-refractivity contribution is 5.98. The highest BCUT2D eigenvalue weighted by Crippen LogP contribution is 2.28. The fraction of sp³-hybridized carbons (Fsp3) is 0.192. The van der Waals surface area contributed by atoms with Gasteiger partial charge in [-0.2, -0.15) is 0 Å². The summed E-state index contributed by atoms with van der Waals surface area (Å²) in [7, 11) is 1.65. The number of para-hydroxylation sites is 2. The first-order valence-electron chi connectivity index (χ1n) is 10.5. The maximum absolute atomic E-state index is 13.7. The van der Waals surface area contributed by atoms with Gasteiger partial charge >= 0.3 is 5.97 Å². The molecule has 2 N–H and O–H groups in total. The normalized spacial score (nSPS) is 11.1. The van der Waals surface area contributed by atoms with Gasteiger partial charge in [0.2, 0.25) is 0 Å². The number of aromatic carboxylic acids is 1. The number of benzene rings is 3. The highest BCUT2D eigenvalue weighted by atomic mass is 19.1. The number of nitrogens with one attached hydrogen (secondary N) is 1. The molecule has 1 heterocycles. The molecule has 4 aromatic rings. The zero-order valence-electron chi connectivity index (χ0n) is 17.8. The molecule has 0 bridgehead atoms. The minimum absolute atomic E-state index is 0.222. The van der Waals surface area contributed by atoms with Crippen LogP contribution in [0.3, 0.4) is 0 Å². The number of nitrogens with zero attached hydrogens (tertiary/aromatic N) is 1. The lowest BCUT2D eigenvalue weighted by atomic mass is 10.1. The van der Waals surface area contributed by atoms with E-state index in [9.17, 15) is 14.3 Å². The Bertz CT molecular complexity index is 1250. The molecule has 0 aliphatic heterocycles. The number of halogens is 1. The molecule has 0 unspecified atom stereocenters. The number of methoxy groups -OCH3 is 1. The van der Waals surface area contributed by atoms with Gasteiger partial charge in [0.15, 0.2) is 0 Å². The van der Waals surface area contributed by atoms with Crippen molar-refractivity contribution in [2.75, 3.05) is 13.7 Å². The first kappa shape index (κ1) is 21.6. The number of fused-ring (bicyclic) bond motifs is 1. The van der Waals surface area contributed by atoms with Crippen molar-refractivity contribution in [3.05, 3.63) is 101 Å². The van der Waals surface area contributed by atoms with Gasteiger partial charge in [-0.25, -0.2) is 9.18 Å². The van der Waals surface area contributed by atoms with Crippen LogP contribution in [0.4, 0.5) is 4.39 Å². The molecule has 0 saturated heterocycles. The molecule has 0 aliphatic carbocycles. The monoisotopic (exact) mass is 432 g/mol. The van der Waals surface area contributed by atoms with E-state index in [2.05, 4.69) is 5.32 Å². The van der Waals surface area contributed by atoms with Gasteiger partial charge in [-0.1, -0.05) is 48.5 Å². The van der Waals surface area contributed by atoms with Crippen LogP contribution in [0.2, 0.25) is 0 Å². The summed E-state index contributed by atoms with van der Waals surface area (Å²) >= 11 is 0. The van der Waals surface area contributed by atoms with Crippen LogP contribution in [0, 0.1) is 5.82 Å². The number of rotatable bonds is 9. The third-order valence-electron chi connectivity index (χ3n) is 5.57. The molecule has 0 atom stereocenters. The highest BCUT2D eigenvalue weighted by Gasteiger charge is 2.22. The third kappa shape index (κ3) is 4.50. The van der Waals surface area contributed by atoms with Gasteiger partial charge < -0.3 is 19.7 Å². The molecule has 0 radical (unpaired) electrons. The van der Waals surface area contributed by atoms with Crippen molar-refractivity contribution < 1.29 is 19.0 Å². The summed E-state index contributed by atoms with van der Waals surface area (Å²) in [5.41, 5.74) is 3.57. The second kappa shape index (κ2) is 9.66. The fourth-order valence-electron chi connectivity index (χ4n) is 4.13. The lowest BCUT2D eigenvalue weighted by Crippen LogP contribution is -2.19. The van der Waals surface area contributed by atoms with E-state index in [-0.39, 0.29) is 18.1 Å². The number of hydrogen-bond acceptors (Lipinski definition) is 3. The maximum Gasteiger partial charge on any atom is 0.352 e. The molecule has 0 amide bonds. The zero-order valence-corrected chi connectivity index (χ0v) is 17.8. The average molecular weight is 432 g/mol. The van der Waals surface area contributed by atoms with E-state index in [1.54, 1.807) is 23.8 Å². The molecular weight excluding hydrogens is 407 g/mol. The van der Waals surface area contributed by atoms with E-state index < -0.39 is 5.97 Å². The van der Waals surface area contributed by atoms with Crippen molar-refractivity contribution in [2.45, 2.75) is 19.5 Å². The largest absolute Gasteiger partial charge is 0.496 e. The molecule has 5 nitrogen and oxygen atoms in total. The van der Waals surface area contributed by atoms with Crippen molar-refractivity contribution in [1.82, 2.24) is 9.88 Å². The first-order chi connectivity index (χ1) is 15.6. The number of hydrogen-bond donors (Lipinski definition) is 2. The molecule has 0 aliphatic rings. The molecular formula is C26H25FN2O3. The van der Waals surface area contributed by atoms with Gasteiger partial charge in [-0.15, -0.1) is 0 Å². The van der Waals surface area contributed by atoms with Crippen molar-refractivity contribution in [2.24, 2.45) is 0 Å². The summed E-state index contributed by atoms with van der Waals surface area (Å²) in [5.74, 6) is -0.500. The van der Waals surface area contributed by atoms with Gasteiger partial charge in [0, 0.05) is 29.6 Å². The minimum Gasteiger partial charge on any atom is -0.496 e. The van der Waals surface area contributed by atoms with Crippen LogP contribution in [-0.2, 0) is 19.5 Å². The Kier molecular flexibility index (Phi) is 6.52. The van der Waals surface area contributed by atoms with E-state index >= 15 is 0 Å². The van der Waals surface area contributed by atoms with E-state index in [1.807, 2.05) is 48.5 Å². The Balaban J connectivity index is 1.61.